The van der Waals surface area contributed by atoms with E-state index in [4.69, 9.17) is 11.6 Å². The molecule has 0 saturated heterocycles. The molecule has 0 aliphatic rings. The Morgan fingerprint density at radius 1 is 1.29 bits per heavy atom. The van der Waals surface area contributed by atoms with Gasteiger partial charge in [-0.3, -0.25) is 4.79 Å². The molecule has 8 heteroatoms. The molecule has 21 heavy (non-hydrogen) atoms. The molecule has 0 aliphatic carbocycles. The minimum Gasteiger partial charge on any atom is -0.325 e. The molecule has 0 unspecified atom stereocenters. The van der Waals surface area contributed by atoms with E-state index in [0.717, 1.165) is 10.6 Å². The fourth-order valence-electron chi connectivity index (χ4n) is 1.60. The van der Waals surface area contributed by atoms with E-state index >= 15 is 0 Å². The highest BCUT2D eigenvalue weighted by Gasteiger charge is 2.20. The zero-order valence-corrected chi connectivity index (χ0v) is 13.9. The SMILES string of the molecule is CN(C)CCN(CC(=O)Nc1cccc(Cl)c1)S(C)(=O)=O. The van der Waals surface area contributed by atoms with E-state index in [1.54, 1.807) is 24.3 Å². The number of likely N-dealkylation sites (N-methyl/N-ethyl adjacent to an activating group) is 1. The number of carbonyl (C=O) groups excluding carboxylic acids is 1. The van der Waals surface area contributed by atoms with E-state index in [-0.39, 0.29) is 13.1 Å². The second-order valence-electron chi connectivity index (χ2n) is 4.96. The summed E-state index contributed by atoms with van der Waals surface area (Å²) in [5.41, 5.74) is 0.536. The molecule has 1 aromatic carbocycles. The molecule has 1 aromatic rings. The van der Waals surface area contributed by atoms with Crippen LogP contribution in [0.5, 0.6) is 0 Å². The van der Waals surface area contributed by atoms with Crippen LogP contribution in [0.25, 0.3) is 0 Å². The highest BCUT2D eigenvalue weighted by molar-refractivity contribution is 7.88. The Morgan fingerprint density at radius 3 is 2.48 bits per heavy atom. The number of nitrogens with one attached hydrogen (secondary N) is 1. The molecule has 1 rings (SSSR count). The molecule has 1 amide bonds. The Balaban J connectivity index is 2.68. The predicted molar refractivity (Wildman–Crippen MR) is 85.1 cm³/mol. The summed E-state index contributed by atoms with van der Waals surface area (Å²) >= 11 is 5.83. The normalized spacial score (nSPS) is 11.9. The average Bonchev–Trinajstić information content (AvgIpc) is 2.32. The van der Waals surface area contributed by atoms with Crippen molar-refractivity contribution < 1.29 is 13.2 Å². The number of hydrogen-bond donors (Lipinski definition) is 1. The maximum atomic E-state index is 12.0. The van der Waals surface area contributed by atoms with Gasteiger partial charge in [-0.15, -0.1) is 0 Å². The lowest BCUT2D eigenvalue weighted by Crippen LogP contribution is -2.41. The Hall–Kier alpha value is -1.15. The van der Waals surface area contributed by atoms with E-state index in [0.29, 0.717) is 17.3 Å². The summed E-state index contributed by atoms with van der Waals surface area (Å²) in [7, 11) is 0.243. The van der Waals surface area contributed by atoms with E-state index in [2.05, 4.69) is 5.32 Å². The van der Waals surface area contributed by atoms with Crippen molar-refractivity contribution in [2.24, 2.45) is 0 Å². The second kappa shape index (κ2) is 7.74. The first kappa shape index (κ1) is 17.9. The third kappa shape index (κ3) is 6.90. The molecule has 0 aromatic heterocycles. The zero-order valence-electron chi connectivity index (χ0n) is 12.3. The van der Waals surface area contributed by atoms with E-state index in [9.17, 15) is 13.2 Å². The molecule has 1 N–H and O–H groups in total. The van der Waals surface area contributed by atoms with Crippen molar-refractivity contribution in [1.29, 1.82) is 0 Å². The third-order valence-electron chi connectivity index (χ3n) is 2.69. The highest BCUT2D eigenvalue weighted by Crippen LogP contribution is 2.14. The first-order valence-electron chi connectivity index (χ1n) is 6.34. The molecule has 0 heterocycles. The Morgan fingerprint density at radius 2 is 1.95 bits per heavy atom. The molecule has 0 bridgehead atoms. The number of amides is 1. The van der Waals surface area contributed by atoms with Gasteiger partial charge in [0.15, 0.2) is 0 Å². The summed E-state index contributed by atoms with van der Waals surface area (Å²) in [4.78, 5) is 13.8. The van der Waals surface area contributed by atoms with E-state index < -0.39 is 15.9 Å². The number of benzene rings is 1. The summed E-state index contributed by atoms with van der Waals surface area (Å²) in [6, 6.07) is 6.69. The fourth-order valence-corrected chi connectivity index (χ4v) is 2.56. The summed E-state index contributed by atoms with van der Waals surface area (Å²) in [6.07, 6.45) is 1.09. The van der Waals surface area contributed by atoms with Crippen molar-refractivity contribution in [3.8, 4) is 0 Å². The van der Waals surface area contributed by atoms with Gasteiger partial charge in [-0.25, -0.2) is 8.42 Å². The minimum absolute atomic E-state index is 0.223. The predicted octanol–water partition coefficient (Wildman–Crippen LogP) is 1.10. The van der Waals surface area contributed by atoms with Gasteiger partial charge in [0.25, 0.3) is 0 Å². The minimum atomic E-state index is -3.44. The number of carbonyl (C=O) groups is 1. The van der Waals surface area contributed by atoms with Gasteiger partial charge in [0.05, 0.1) is 12.8 Å². The van der Waals surface area contributed by atoms with Gasteiger partial charge in [-0.05, 0) is 32.3 Å². The number of hydrogen-bond acceptors (Lipinski definition) is 4. The molecule has 0 radical (unpaired) electrons. The largest absolute Gasteiger partial charge is 0.325 e. The molecule has 6 nitrogen and oxygen atoms in total. The lowest BCUT2D eigenvalue weighted by molar-refractivity contribution is -0.116. The highest BCUT2D eigenvalue weighted by atomic mass is 35.5. The smallest absolute Gasteiger partial charge is 0.239 e. The number of rotatable bonds is 7. The van der Waals surface area contributed by atoms with Crippen LogP contribution in [-0.2, 0) is 14.8 Å². The van der Waals surface area contributed by atoms with Crippen LogP contribution in [0, 0.1) is 0 Å². The number of sulfonamides is 1. The van der Waals surface area contributed by atoms with Crippen LogP contribution in [0.2, 0.25) is 5.02 Å². The van der Waals surface area contributed by atoms with Gasteiger partial charge >= 0.3 is 0 Å². The van der Waals surface area contributed by atoms with Gasteiger partial charge < -0.3 is 10.2 Å². The van der Waals surface area contributed by atoms with Gasteiger partial charge in [0, 0.05) is 23.8 Å². The second-order valence-corrected chi connectivity index (χ2v) is 7.38. The molecule has 0 fully saturated rings. The number of nitrogens with zero attached hydrogens (tertiary/aromatic N) is 2. The van der Waals surface area contributed by atoms with Crippen LogP contribution >= 0.6 is 11.6 Å². The molecule has 0 spiro atoms. The monoisotopic (exact) mass is 333 g/mol. The van der Waals surface area contributed by atoms with Crippen LogP contribution in [-0.4, -0.2) is 63.5 Å². The quantitative estimate of drug-likeness (QED) is 0.811. The van der Waals surface area contributed by atoms with Crippen molar-refractivity contribution >= 4 is 33.2 Å². The summed E-state index contributed by atoms with van der Waals surface area (Å²) in [6.45, 7) is 0.575. The van der Waals surface area contributed by atoms with E-state index in [1.807, 2.05) is 19.0 Å². The van der Waals surface area contributed by atoms with Crippen molar-refractivity contribution in [2.45, 2.75) is 0 Å². The van der Waals surface area contributed by atoms with E-state index in [1.165, 1.54) is 0 Å². The van der Waals surface area contributed by atoms with Gasteiger partial charge in [0.1, 0.15) is 0 Å². The Kier molecular flexibility index (Phi) is 6.60. The number of anilines is 1. The summed E-state index contributed by atoms with van der Waals surface area (Å²) in [5, 5.41) is 3.13. The van der Waals surface area contributed by atoms with Crippen LogP contribution < -0.4 is 5.32 Å². The Labute approximate surface area is 130 Å². The van der Waals surface area contributed by atoms with Crippen LogP contribution in [0.3, 0.4) is 0 Å². The molecule has 118 valence electrons. The first-order valence-corrected chi connectivity index (χ1v) is 8.56. The third-order valence-corrected chi connectivity index (χ3v) is 4.18. The molecule has 0 aliphatic heterocycles. The van der Waals surface area contributed by atoms with Crippen LogP contribution in [0.1, 0.15) is 0 Å². The van der Waals surface area contributed by atoms with Crippen LogP contribution in [0.15, 0.2) is 24.3 Å². The lowest BCUT2D eigenvalue weighted by Gasteiger charge is -2.21. The maximum Gasteiger partial charge on any atom is 0.239 e. The molecule has 0 saturated carbocycles. The standard InChI is InChI=1S/C13H20ClN3O3S/c1-16(2)7-8-17(21(3,19)20)10-13(18)15-12-6-4-5-11(14)9-12/h4-6,9H,7-8,10H2,1-3H3,(H,15,18). The number of halogens is 1. The summed E-state index contributed by atoms with van der Waals surface area (Å²) < 4.78 is 24.5. The van der Waals surface area contributed by atoms with Gasteiger partial charge in [-0.2, -0.15) is 4.31 Å². The summed E-state index contributed by atoms with van der Waals surface area (Å²) in [5.74, 6) is -0.401. The van der Waals surface area contributed by atoms with Crippen molar-refractivity contribution in [1.82, 2.24) is 9.21 Å². The Bertz CT molecular complexity index is 590. The van der Waals surface area contributed by atoms with Gasteiger partial charge in [-0.1, -0.05) is 17.7 Å². The topological polar surface area (TPSA) is 69.7 Å². The zero-order chi connectivity index (χ0) is 16.0. The average molecular weight is 334 g/mol. The van der Waals surface area contributed by atoms with Crippen molar-refractivity contribution in [2.75, 3.05) is 45.3 Å². The molecular formula is C13H20ClN3O3S. The first-order chi connectivity index (χ1) is 9.68. The maximum absolute atomic E-state index is 12.0. The van der Waals surface area contributed by atoms with Crippen molar-refractivity contribution in [3.05, 3.63) is 29.3 Å². The van der Waals surface area contributed by atoms with Crippen LogP contribution in [0.4, 0.5) is 5.69 Å². The van der Waals surface area contributed by atoms with Crippen molar-refractivity contribution in [3.63, 3.8) is 0 Å². The molecule has 0 atom stereocenters. The van der Waals surface area contributed by atoms with Gasteiger partial charge in [0.2, 0.25) is 15.9 Å². The molecular weight excluding hydrogens is 314 g/mol. The fraction of sp³-hybridized carbons (Fsp3) is 0.462. The lowest BCUT2D eigenvalue weighted by atomic mass is 10.3.